The average molecular weight is 400 g/mol. The average Bonchev–Trinajstić information content (AvgIpc) is 2.94. The van der Waals surface area contributed by atoms with Gasteiger partial charge < -0.3 is 10.0 Å². The Kier molecular flexibility index (Phi) is 6.04. The van der Waals surface area contributed by atoms with Crippen molar-refractivity contribution in [3.8, 4) is 5.75 Å². The highest BCUT2D eigenvalue weighted by Gasteiger charge is 2.35. The van der Waals surface area contributed by atoms with Crippen LogP contribution in [0.2, 0.25) is 0 Å². The van der Waals surface area contributed by atoms with E-state index in [2.05, 4.69) is 4.90 Å². The zero-order valence-electron chi connectivity index (χ0n) is 15.7. The maximum atomic E-state index is 13.0. The van der Waals surface area contributed by atoms with E-state index in [0.29, 0.717) is 11.1 Å². The second-order valence-electron chi connectivity index (χ2n) is 6.31. The molecule has 0 aromatic heterocycles. The van der Waals surface area contributed by atoms with Crippen LogP contribution in [0, 0.1) is 5.82 Å². The van der Waals surface area contributed by atoms with Gasteiger partial charge in [-0.15, -0.1) is 0 Å². The molecular formula is C21H21FN2O3S. The molecule has 1 N–H and O–H groups in total. The number of hydrogen-bond donors (Lipinski definition) is 1. The Labute approximate surface area is 167 Å². The number of imide groups is 1. The molecule has 0 radical (unpaired) electrons. The Hall–Kier alpha value is -2.80. The summed E-state index contributed by atoms with van der Waals surface area (Å²) < 4.78 is 13.0. The van der Waals surface area contributed by atoms with E-state index in [1.165, 1.54) is 18.2 Å². The minimum absolute atomic E-state index is 0.0507. The van der Waals surface area contributed by atoms with Crippen LogP contribution in [0.4, 0.5) is 14.9 Å². The minimum atomic E-state index is -0.424. The van der Waals surface area contributed by atoms with E-state index in [0.717, 1.165) is 35.4 Å². The van der Waals surface area contributed by atoms with E-state index in [4.69, 9.17) is 0 Å². The summed E-state index contributed by atoms with van der Waals surface area (Å²) in [6, 6.07) is 10.9. The molecule has 7 heteroatoms. The van der Waals surface area contributed by atoms with Crippen LogP contribution in [0.5, 0.6) is 5.75 Å². The van der Waals surface area contributed by atoms with Crippen LogP contribution in [-0.2, 0) is 11.3 Å². The molecule has 1 fully saturated rings. The maximum Gasteiger partial charge on any atom is 0.293 e. The number of rotatable bonds is 6. The highest BCUT2D eigenvalue weighted by atomic mass is 32.2. The Morgan fingerprint density at radius 3 is 2.39 bits per heavy atom. The highest BCUT2D eigenvalue weighted by molar-refractivity contribution is 8.18. The first kappa shape index (κ1) is 19.9. The Balaban J connectivity index is 1.80. The first-order valence-electron chi connectivity index (χ1n) is 9.00. The molecule has 146 valence electrons. The summed E-state index contributed by atoms with van der Waals surface area (Å²) in [5.74, 6) is -0.748. The zero-order valence-corrected chi connectivity index (χ0v) is 16.5. The molecule has 0 saturated carbocycles. The van der Waals surface area contributed by atoms with Gasteiger partial charge in [-0.05, 0) is 61.5 Å². The van der Waals surface area contributed by atoms with Gasteiger partial charge in [0.1, 0.15) is 11.6 Å². The first-order chi connectivity index (χ1) is 13.4. The van der Waals surface area contributed by atoms with Gasteiger partial charge in [0.15, 0.2) is 0 Å². The minimum Gasteiger partial charge on any atom is -0.507 e. The van der Waals surface area contributed by atoms with Gasteiger partial charge >= 0.3 is 0 Å². The highest BCUT2D eigenvalue weighted by Crippen LogP contribution is 2.35. The molecule has 2 amide bonds. The van der Waals surface area contributed by atoms with E-state index in [1.807, 2.05) is 19.9 Å². The van der Waals surface area contributed by atoms with Crippen LogP contribution in [0.1, 0.15) is 25.0 Å². The molecule has 0 atom stereocenters. The van der Waals surface area contributed by atoms with E-state index in [1.54, 1.807) is 24.3 Å². The quantitative estimate of drug-likeness (QED) is 0.718. The predicted octanol–water partition coefficient (Wildman–Crippen LogP) is 4.61. The molecular weight excluding hydrogens is 379 g/mol. The van der Waals surface area contributed by atoms with Crippen molar-refractivity contribution in [1.82, 2.24) is 4.90 Å². The molecule has 28 heavy (non-hydrogen) atoms. The molecule has 0 unspecified atom stereocenters. The van der Waals surface area contributed by atoms with Gasteiger partial charge in [-0.1, -0.05) is 12.1 Å². The summed E-state index contributed by atoms with van der Waals surface area (Å²) in [5.41, 5.74) is 2.03. The standard InChI is InChI=1S/C21H21FN2O3S/c1-3-23(4-2)17-10-7-15(18(25)12-17)11-19-20(26)24(21(27)28-19)13-14-5-8-16(22)9-6-14/h5-12,25H,3-4,13H2,1-2H3/b19-11-. The van der Waals surface area contributed by atoms with Gasteiger partial charge in [0.2, 0.25) is 0 Å². The number of halogens is 1. The third kappa shape index (κ3) is 4.20. The fraction of sp³-hybridized carbons (Fsp3) is 0.238. The van der Waals surface area contributed by atoms with Gasteiger partial charge in [-0.3, -0.25) is 14.5 Å². The van der Waals surface area contributed by atoms with Gasteiger partial charge in [0.05, 0.1) is 11.4 Å². The lowest BCUT2D eigenvalue weighted by molar-refractivity contribution is -0.123. The zero-order chi connectivity index (χ0) is 20.3. The topological polar surface area (TPSA) is 60.9 Å². The summed E-state index contributed by atoms with van der Waals surface area (Å²) in [6.45, 7) is 5.78. The molecule has 2 aromatic carbocycles. The summed E-state index contributed by atoms with van der Waals surface area (Å²) >= 11 is 0.830. The predicted molar refractivity (Wildman–Crippen MR) is 110 cm³/mol. The summed E-state index contributed by atoms with van der Waals surface area (Å²) in [4.78, 5) is 28.3. The normalized spacial score (nSPS) is 15.5. The lowest BCUT2D eigenvalue weighted by Gasteiger charge is -2.21. The molecule has 5 nitrogen and oxygen atoms in total. The number of benzene rings is 2. The summed E-state index contributed by atoms with van der Waals surface area (Å²) in [7, 11) is 0. The number of carbonyl (C=O) groups excluding carboxylic acids is 2. The fourth-order valence-corrected chi connectivity index (χ4v) is 3.82. The molecule has 1 saturated heterocycles. The van der Waals surface area contributed by atoms with E-state index in [9.17, 15) is 19.1 Å². The molecule has 2 aromatic rings. The Morgan fingerprint density at radius 2 is 1.79 bits per heavy atom. The second-order valence-corrected chi connectivity index (χ2v) is 7.30. The summed E-state index contributed by atoms with van der Waals surface area (Å²) in [5, 5.41) is 9.96. The number of aromatic hydroxyl groups is 1. The fourth-order valence-electron chi connectivity index (χ4n) is 2.99. The SMILES string of the molecule is CCN(CC)c1ccc(/C=C2\SC(=O)N(Cc3ccc(F)cc3)C2=O)c(O)c1. The number of nitrogens with zero attached hydrogens (tertiary/aromatic N) is 2. The number of hydrogen-bond acceptors (Lipinski definition) is 5. The van der Waals surface area contributed by atoms with E-state index < -0.39 is 5.91 Å². The van der Waals surface area contributed by atoms with Gasteiger partial charge in [0, 0.05) is 30.4 Å². The van der Waals surface area contributed by atoms with Crippen molar-refractivity contribution < 1.29 is 19.1 Å². The van der Waals surface area contributed by atoms with E-state index >= 15 is 0 Å². The third-order valence-electron chi connectivity index (χ3n) is 4.56. The van der Waals surface area contributed by atoms with Crippen molar-refractivity contribution in [3.63, 3.8) is 0 Å². The van der Waals surface area contributed by atoms with Crippen molar-refractivity contribution in [2.24, 2.45) is 0 Å². The lowest BCUT2D eigenvalue weighted by Crippen LogP contribution is -2.27. The van der Waals surface area contributed by atoms with Crippen LogP contribution in [0.15, 0.2) is 47.4 Å². The molecule has 1 aliphatic rings. The molecule has 0 bridgehead atoms. The molecule has 1 aliphatic heterocycles. The van der Waals surface area contributed by atoms with Crippen LogP contribution in [0.3, 0.4) is 0 Å². The number of carbonyl (C=O) groups is 2. The lowest BCUT2D eigenvalue weighted by atomic mass is 10.1. The third-order valence-corrected chi connectivity index (χ3v) is 5.46. The maximum absolute atomic E-state index is 13.0. The van der Waals surface area contributed by atoms with Gasteiger partial charge in [0.25, 0.3) is 11.1 Å². The van der Waals surface area contributed by atoms with E-state index in [-0.39, 0.29) is 28.3 Å². The summed E-state index contributed by atoms with van der Waals surface area (Å²) in [6.07, 6.45) is 1.52. The van der Waals surface area contributed by atoms with Gasteiger partial charge in [-0.2, -0.15) is 0 Å². The first-order valence-corrected chi connectivity index (χ1v) is 9.82. The Morgan fingerprint density at radius 1 is 1.11 bits per heavy atom. The largest absolute Gasteiger partial charge is 0.507 e. The number of anilines is 1. The smallest absolute Gasteiger partial charge is 0.293 e. The van der Waals surface area contributed by atoms with Crippen molar-refractivity contribution in [3.05, 3.63) is 64.3 Å². The van der Waals surface area contributed by atoms with Crippen molar-refractivity contribution in [1.29, 1.82) is 0 Å². The van der Waals surface area contributed by atoms with Crippen molar-refractivity contribution in [2.45, 2.75) is 20.4 Å². The Bertz CT molecular complexity index is 924. The number of phenols is 1. The van der Waals surface area contributed by atoms with Gasteiger partial charge in [-0.25, -0.2) is 4.39 Å². The molecule has 3 rings (SSSR count). The number of amides is 2. The number of phenolic OH excluding ortho intramolecular Hbond substituents is 1. The number of thioether (sulfide) groups is 1. The van der Waals surface area contributed by atoms with Crippen molar-refractivity contribution >= 4 is 34.7 Å². The molecule has 0 spiro atoms. The van der Waals surface area contributed by atoms with Crippen LogP contribution < -0.4 is 4.90 Å². The second kappa shape index (κ2) is 8.48. The molecule has 1 heterocycles. The van der Waals surface area contributed by atoms with Crippen LogP contribution >= 0.6 is 11.8 Å². The molecule has 0 aliphatic carbocycles. The monoisotopic (exact) mass is 400 g/mol. The van der Waals surface area contributed by atoms with Crippen LogP contribution in [0.25, 0.3) is 6.08 Å². The van der Waals surface area contributed by atoms with Crippen LogP contribution in [-0.4, -0.2) is 34.2 Å². The van der Waals surface area contributed by atoms with Crippen molar-refractivity contribution in [2.75, 3.05) is 18.0 Å².